The average Bonchev–Trinajstić information content (AvgIpc) is 3.13. The molecule has 1 aliphatic carbocycles. The van der Waals surface area contributed by atoms with Crippen molar-refractivity contribution < 1.29 is 0 Å². The van der Waals surface area contributed by atoms with E-state index in [1.54, 1.807) is 24.4 Å². The number of H-pyrrole nitrogens is 1. The lowest BCUT2D eigenvalue weighted by Crippen LogP contribution is -2.37. The van der Waals surface area contributed by atoms with E-state index in [0.29, 0.717) is 6.04 Å². The molecule has 2 N–H and O–H groups in total. The summed E-state index contributed by atoms with van der Waals surface area (Å²) in [5.74, 6) is 1.88. The topological polar surface area (TPSA) is 66.5 Å². The van der Waals surface area contributed by atoms with Crippen LogP contribution in [0.4, 0.5) is 0 Å². The third kappa shape index (κ3) is 2.96. The number of rotatable bonds is 6. The molecule has 1 aliphatic rings. The van der Waals surface area contributed by atoms with Crippen LogP contribution in [0.15, 0.2) is 17.7 Å². The molecule has 1 fully saturated rings. The number of imidazole rings is 1. The smallest absolute Gasteiger partial charge is 0.181 e. The molecular formula is C14H21N5S. The molecular weight excluding hydrogens is 270 g/mol. The van der Waals surface area contributed by atoms with Gasteiger partial charge in [-0.25, -0.2) is 15.0 Å². The van der Waals surface area contributed by atoms with Crippen molar-refractivity contribution >= 4 is 22.9 Å². The number of hydrogen-bond acceptors (Lipinski definition) is 5. The van der Waals surface area contributed by atoms with Crippen molar-refractivity contribution in [2.75, 3.05) is 12.3 Å². The van der Waals surface area contributed by atoms with E-state index in [4.69, 9.17) is 0 Å². The van der Waals surface area contributed by atoms with Gasteiger partial charge in [-0.1, -0.05) is 19.8 Å². The Labute approximate surface area is 123 Å². The minimum atomic E-state index is 0.584. The van der Waals surface area contributed by atoms with Gasteiger partial charge in [0.25, 0.3) is 0 Å². The highest BCUT2D eigenvalue weighted by atomic mass is 32.2. The zero-order chi connectivity index (χ0) is 13.8. The van der Waals surface area contributed by atoms with Crippen LogP contribution in [0.1, 0.15) is 32.6 Å². The highest BCUT2D eigenvalue weighted by molar-refractivity contribution is 7.99. The van der Waals surface area contributed by atoms with E-state index >= 15 is 0 Å². The molecule has 0 bridgehead atoms. The van der Waals surface area contributed by atoms with Crippen LogP contribution in [0.5, 0.6) is 0 Å². The Morgan fingerprint density at radius 1 is 1.35 bits per heavy atom. The summed E-state index contributed by atoms with van der Waals surface area (Å²) >= 11 is 1.80. The van der Waals surface area contributed by atoms with Crippen LogP contribution in [0, 0.1) is 5.92 Å². The van der Waals surface area contributed by atoms with Crippen LogP contribution < -0.4 is 5.32 Å². The molecule has 20 heavy (non-hydrogen) atoms. The standard InChI is InChI=1S/C14H21N5S/c1-2-15-11(10-5-3-4-6-10)7-20-14-12-13(17-8-16-12)18-9-19-14/h8-11,15H,2-7H2,1H3,(H,16,17,18,19). The minimum Gasteiger partial charge on any atom is -0.341 e. The molecule has 1 unspecified atom stereocenters. The first kappa shape index (κ1) is 13.8. The maximum absolute atomic E-state index is 4.39. The van der Waals surface area contributed by atoms with Crippen LogP contribution in [0.2, 0.25) is 0 Å². The SMILES string of the molecule is CCNC(CSc1ncnc2nc[nH]c12)C1CCCC1. The van der Waals surface area contributed by atoms with Gasteiger partial charge in [-0.3, -0.25) is 0 Å². The van der Waals surface area contributed by atoms with Crippen molar-refractivity contribution in [3.05, 3.63) is 12.7 Å². The Morgan fingerprint density at radius 3 is 3.00 bits per heavy atom. The van der Waals surface area contributed by atoms with E-state index in [-0.39, 0.29) is 0 Å². The van der Waals surface area contributed by atoms with Gasteiger partial charge >= 0.3 is 0 Å². The summed E-state index contributed by atoms with van der Waals surface area (Å²) in [6.45, 7) is 3.22. The number of hydrogen-bond donors (Lipinski definition) is 2. The summed E-state index contributed by atoms with van der Waals surface area (Å²) in [6.07, 6.45) is 8.78. The lowest BCUT2D eigenvalue weighted by molar-refractivity contribution is 0.394. The lowest BCUT2D eigenvalue weighted by Gasteiger charge is -2.23. The molecule has 0 aromatic carbocycles. The van der Waals surface area contributed by atoms with Crippen LogP contribution in [-0.4, -0.2) is 38.3 Å². The van der Waals surface area contributed by atoms with Gasteiger partial charge in [0.05, 0.1) is 6.33 Å². The molecule has 0 radical (unpaired) electrons. The van der Waals surface area contributed by atoms with Gasteiger partial charge in [-0.2, -0.15) is 0 Å². The molecule has 6 heteroatoms. The van der Waals surface area contributed by atoms with Crippen molar-refractivity contribution in [3.8, 4) is 0 Å². The fourth-order valence-corrected chi connectivity index (χ4v) is 4.15. The third-order valence-corrected chi connectivity index (χ3v) is 5.13. The van der Waals surface area contributed by atoms with Crippen molar-refractivity contribution in [1.82, 2.24) is 25.3 Å². The molecule has 2 aromatic heterocycles. The molecule has 0 aliphatic heterocycles. The lowest BCUT2D eigenvalue weighted by atomic mass is 10.00. The van der Waals surface area contributed by atoms with Gasteiger partial charge in [-0.15, -0.1) is 11.8 Å². The zero-order valence-corrected chi connectivity index (χ0v) is 12.6. The number of nitrogens with zero attached hydrogens (tertiary/aromatic N) is 3. The van der Waals surface area contributed by atoms with E-state index in [0.717, 1.165) is 34.4 Å². The summed E-state index contributed by atoms with van der Waals surface area (Å²) in [6, 6.07) is 0.584. The molecule has 2 aromatic rings. The fourth-order valence-electron chi connectivity index (χ4n) is 3.00. The van der Waals surface area contributed by atoms with Gasteiger partial charge in [0.15, 0.2) is 5.65 Å². The highest BCUT2D eigenvalue weighted by Crippen LogP contribution is 2.31. The maximum Gasteiger partial charge on any atom is 0.181 e. The van der Waals surface area contributed by atoms with E-state index in [1.807, 2.05) is 0 Å². The Kier molecular flexibility index (Phi) is 4.52. The quantitative estimate of drug-likeness (QED) is 0.632. The first-order chi connectivity index (χ1) is 9.88. The fraction of sp³-hybridized carbons (Fsp3) is 0.643. The first-order valence-electron chi connectivity index (χ1n) is 7.38. The molecule has 1 atom stereocenters. The average molecular weight is 291 g/mol. The monoisotopic (exact) mass is 291 g/mol. The van der Waals surface area contributed by atoms with Crippen LogP contribution in [0.25, 0.3) is 11.2 Å². The van der Waals surface area contributed by atoms with E-state index in [1.165, 1.54) is 25.7 Å². The van der Waals surface area contributed by atoms with Gasteiger partial charge in [0.2, 0.25) is 0 Å². The van der Waals surface area contributed by atoms with E-state index in [2.05, 4.69) is 32.2 Å². The summed E-state index contributed by atoms with van der Waals surface area (Å²) in [5.41, 5.74) is 1.71. The van der Waals surface area contributed by atoms with Crippen molar-refractivity contribution in [2.24, 2.45) is 5.92 Å². The Balaban J connectivity index is 1.68. The number of aromatic nitrogens is 4. The Morgan fingerprint density at radius 2 is 2.20 bits per heavy atom. The van der Waals surface area contributed by atoms with Crippen LogP contribution in [0.3, 0.4) is 0 Å². The normalized spacial score (nSPS) is 17.9. The van der Waals surface area contributed by atoms with Gasteiger partial charge < -0.3 is 10.3 Å². The second kappa shape index (κ2) is 6.54. The van der Waals surface area contributed by atoms with Crippen molar-refractivity contribution in [1.29, 1.82) is 0 Å². The second-order valence-corrected chi connectivity index (χ2v) is 6.31. The predicted octanol–water partition coefficient (Wildman–Crippen LogP) is 2.61. The molecule has 3 rings (SSSR count). The summed E-state index contributed by atoms with van der Waals surface area (Å²) in [4.78, 5) is 15.9. The predicted molar refractivity (Wildman–Crippen MR) is 81.8 cm³/mol. The molecule has 5 nitrogen and oxygen atoms in total. The van der Waals surface area contributed by atoms with Crippen LogP contribution in [-0.2, 0) is 0 Å². The van der Waals surface area contributed by atoms with Gasteiger partial charge in [-0.05, 0) is 25.3 Å². The van der Waals surface area contributed by atoms with E-state index < -0.39 is 0 Å². The largest absolute Gasteiger partial charge is 0.341 e. The number of thioether (sulfide) groups is 1. The van der Waals surface area contributed by atoms with Crippen molar-refractivity contribution in [3.63, 3.8) is 0 Å². The highest BCUT2D eigenvalue weighted by Gasteiger charge is 2.24. The summed E-state index contributed by atoms with van der Waals surface area (Å²) < 4.78 is 0. The second-order valence-electron chi connectivity index (χ2n) is 5.30. The molecule has 108 valence electrons. The summed E-state index contributed by atoms with van der Waals surface area (Å²) in [7, 11) is 0. The van der Waals surface area contributed by atoms with Crippen molar-refractivity contribution in [2.45, 2.75) is 43.7 Å². The Hall–Kier alpha value is -1.14. The number of fused-ring (bicyclic) bond motifs is 1. The molecule has 1 saturated carbocycles. The number of nitrogens with one attached hydrogen (secondary N) is 2. The summed E-state index contributed by atoms with van der Waals surface area (Å²) in [5, 5.41) is 4.65. The molecule has 0 saturated heterocycles. The molecule has 0 spiro atoms. The van der Waals surface area contributed by atoms with Gasteiger partial charge in [0, 0.05) is 11.8 Å². The molecule has 0 amide bonds. The maximum atomic E-state index is 4.39. The van der Waals surface area contributed by atoms with E-state index in [9.17, 15) is 0 Å². The van der Waals surface area contributed by atoms with Gasteiger partial charge in [0.1, 0.15) is 16.9 Å². The Bertz CT molecular complexity index is 549. The number of aromatic amines is 1. The third-order valence-electron chi connectivity index (χ3n) is 4.02. The molecule has 2 heterocycles. The minimum absolute atomic E-state index is 0.584. The first-order valence-corrected chi connectivity index (χ1v) is 8.37. The zero-order valence-electron chi connectivity index (χ0n) is 11.8. The van der Waals surface area contributed by atoms with Crippen LogP contribution >= 0.6 is 11.8 Å².